The first-order valence-electron chi connectivity index (χ1n) is 5.15. The fraction of sp³-hybridized carbons (Fsp3) is 1.00. The van der Waals surface area contributed by atoms with Gasteiger partial charge in [-0.25, -0.2) is 12.7 Å². The molecule has 0 spiro atoms. The Bertz CT molecular complexity index is 235. The molecule has 86 valence electrons. The fourth-order valence-corrected chi connectivity index (χ4v) is 2.82. The van der Waals surface area contributed by atoms with Crippen molar-refractivity contribution >= 4 is 10.0 Å². The molecule has 0 saturated heterocycles. The lowest BCUT2D eigenvalue weighted by molar-refractivity contribution is 0.447. The highest BCUT2D eigenvalue weighted by Crippen LogP contribution is 2.10. The second-order valence-electron chi connectivity index (χ2n) is 3.49. The zero-order valence-corrected chi connectivity index (χ0v) is 10.2. The van der Waals surface area contributed by atoms with Crippen molar-refractivity contribution in [3.8, 4) is 0 Å². The zero-order chi connectivity index (χ0) is 11.2. The van der Waals surface area contributed by atoms with Crippen LogP contribution >= 0.6 is 0 Å². The number of hydrogen-bond donors (Lipinski definition) is 1. The molecule has 0 aromatic heterocycles. The monoisotopic (exact) mass is 222 g/mol. The molecule has 5 heteroatoms. The summed E-state index contributed by atoms with van der Waals surface area (Å²) in [6.07, 6.45) is 2.48. The molecular formula is C9H22N2O2S. The standard InChI is InChI=1S/C9H22N2O2S/c1-4-6-7-11(3)14(12,13)9(5-2)8-10/h9H,4-8,10H2,1-3H3. The van der Waals surface area contributed by atoms with E-state index in [9.17, 15) is 8.42 Å². The third-order valence-corrected chi connectivity index (χ3v) is 4.82. The average Bonchev–Trinajstić information content (AvgIpc) is 2.15. The van der Waals surface area contributed by atoms with Crippen molar-refractivity contribution in [2.45, 2.75) is 38.4 Å². The van der Waals surface area contributed by atoms with Crippen LogP contribution in [-0.4, -0.2) is 38.1 Å². The topological polar surface area (TPSA) is 63.4 Å². The normalized spacial score (nSPS) is 14.6. The Morgan fingerprint density at radius 2 is 1.93 bits per heavy atom. The molecule has 2 N–H and O–H groups in total. The van der Waals surface area contributed by atoms with Crippen LogP contribution in [0.4, 0.5) is 0 Å². The van der Waals surface area contributed by atoms with Gasteiger partial charge in [-0.05, 0) is 12.8 Å². The zero-order valence-electron chi connectivity index (χ0n) is 9.36. The first-order valence-corrected chi connectivity index (χ1v) is 6.66. The molecule has 0 heterocycles. The van der Waals surface area contributed by atoms with Crippen molar-refractivity contribution in [2.75, 3.05) is 20.1 Å². The maximum absolute atomic E-state index is 11.8. The molecule has 0 saturated carbocycles. The van der Waals surface area contributed by atoms with Crippen molar-refractivity contribution in [1.29, 1.82) is 0 Å². The predicted molar refractivity (Wildman–Crippen MR) is 59.6 cm³/mol. The summed E-state index contributed by atoms with van der Waals surface area (Å²) in [4.78, 5) is 0. The van der Waals surface area contributed by atoms with E-state index in [1.54, 1.807) is 7.05 Å². The van der Waals surface area contributed by atoms with Crippen LogP contribution < -0.4 is 5.73 Å². The number of nitrogens with zero attached hydrogens (tertiary/aromatic N) is 1. The summed E-state index contributed by atoms with van der Waals surface area (Å²) in [7, 11) is -1.54. The van der Waals surface area contributed by atoms with E-state index in [1.807, 2.05) is 13.8 Å². The van der Waals surface area contributed by atoms with E-state index in [-0.39, 0.29) is 6.54 Å². The van der Waals surface area contributed by atoms with Crippen LogP contribution in [-0.2, 0) is 10.0 Å². The quantitative estimate of drug-likeness (QED) is 0.692. The number of unbranched alkanes of at least 4 members (excludes halogenated alkanes) is 1. The molecule has 14 heavy (non-hydrogen) atoms. The second-order valence-corrected chi connectivity index (χ2v) is 5.81. The lowest BCUT2D eigenvalue weighted by Gasteiger charge is -2.22. The molecule has 1 unspecified atom stereocenters. The first-order chi connectivity index (χ1) is 6.50. The molecule has 0 aliphatic carbocycles. The molecule has 0 fully saturated rings. The highest BCUT2D eigenvalue weighted by molar-refractivity contribution is 7.89. The molecule has 0 aliphatic rings. The van der Waals surface area contributed by atoms with E-state index in [4.69, 9.17) is 5.73 Å². The lowest BCUT2D eigenvalue weighted by Crippen LogP contribution is -2.40. The van der Waals surface area contributed by atoms with Crippen molar-refractivity contribution in [1.82, 2.24) is 4.31 Å². The number of hydrogen-bond acceptors (Lipinski definition) is 3. The van der Waals surface area contributed by atoms with Gasteiger partial charge in [0.15, 0.2) is 0 Å². The third-order valence-electron chi connectivity index (χ3n) is 2.40. The molecule has 4 nitrogen and oxygen atoms in total. The Morgan fingerprint density at radius 3 is 2.29 bits per heavy atom. The minimum absolute atomic E-state index is 0.204. The largest absolute Gasteiger partial charge is 0.329 e. The predicted octanol–water partition coefficient (Wildman–Crippen LogP) is 0.785. The van der Waals surface area contributed by atoms with Crippen molar-refractivity contribution in [3.63, 3.8) is 0 Å². The second kappa shape index (κ2) is 6.37. The minimum Gasteiger partial charge on any atom is -0.329 e. The Morgan fingerprint density at radius 1 is 1.36 bits per heavy atom. The summed E-state index contributed by atoms with van der Waals surface area (Å²) in [5.41, 5.74) is 5.43. The van der Waals surface area contributed by atoms with Gasteiger partial charge in [-0.3, -0.25) is 0 Å². The fourth-order valence-electron chi connectivity index (χ4n) is 1.26. The van der Waals surface area contributed by atoms with E-state index in [2.05, 4.69) is 0 Å². The van der Waals surface area contributed by atoms with E-state index in [0.717, 1.165) is 12.8 Å². The molecular weight excluding hydrogens is 200 g/mol. The van der Waals surface area contributed by atoms with Crippen molar-refractivity contribution in [3.05, 3.63) is 0 Å². The minimum atomic E-state index is -3.17. The van der Waals surface area contributed by atoms with Crippen molar-refractivity contribution in [2.24, 2.45) is 5.73 Å². The molecule has 0 bridgehead atoms. The maximum Gasteiger partial charge on any atom is 0.217 e. The van der Waals surface area contributed by atoms with Crippen LogP contribution in [0.15, 0.2) is 0 Å². The molecule has 0 amide bonds. The molecule has 0 radical (unpaired) electrons. The molecule has 0 aromatic rings. The van der Waals surface area contributed by atoms with E-state index in [0.29, 0.717) is 13.0 Å². The summed E-state index contributed by atoms with van der Waals surface area (Å²) < 4.78 is 25.1. The van der Waals surface area contributed by atoms with Gasteiger partial charge in [0.1, 0.15) is 0 Å². The van der Waals surface area contributed by atoms with Gasteiger partial charge in [-0.15, -0.1) is 0 Å². The SMILES string of the molecule is CCCCN(C)S(=O)(=O)C(CC)CN. The van der Waals surface area contributed by atoms with Crippen LogP contribution in [0.3, 0.4) is 0 Å². The van der Waals surface area contributed by atoms with Gasteiger partial charge in [0.2, 0.25) is 10.0 Å². The van der Waals surface area contributed by atoms with Gasteiger partial charge in [0.25, 0.3) is 0 Å². The molecule has 0 aliphatic heterocycles. The average molecular weight is 222 g/mol. The Kier molecular flexibility index (Phi) is 6.31. The number of nitrogens with two attached hydrogens (primary N) is 1. The highest BCUT2D eigenvalue weighted by Gasteiger charge is 2.26. The summed E-state index contributed by atoms with van der Waals surface area (Å²) in [5, 5.41) is -0.427. The van der Waals surface area contributed by atoms with E-state index >= 15 is 0 Å². The van der Waals surface area contributed by atoms with Crippen molar-refractivity contribution < 1.29 is 8.42 Å². The van der Waals surface area contributed by atoms with Crippen LogP contribution in [0.5, 0.6) is 0 Å². The summed E-state index contributed by atoms with van der Waals surface area (Å²) in [5.74, 6) is 0. The maximum atomic E-state index is 11.8. The number of rotatable bonds is 7. The lowest BCUT2D eigenvalue weighted by atomic mass is 10.3. The van der Waals surface area contributed by atoms with Gasteiger partial charge >= 0.3 is 0 Å². The molecule has 0 aromatic carbocycles. The first kappa shape index (κ1) is 13.9. The molecule has 0 rings (SSSR count). The third kappa shape index (κ3) is 3.55. The van der Waals surface area contributed by atoms with Gasteiger partial charge in [-0.1, -0.05) is 20.3 Å². The van der Waals surface area contributed by atoms with E-state index < -0.39 is 15.3 Å². The van der Waals surface area contributed by atoms with Gasteiger partial charge < -0.3 is 5.73 Å². The van der Waals surface area contributed by atoms with Crippen LogP contribution in [0.25, 0.3) is 0 Å². The van der Waals surface area contributed by atoms with E-state index in [1.165, 1.54) is 4.31 Å². The number of sulfonamides is 1. The summed E-state index contributed by atoms with van der Waals surface area (Å²) in [6, 6.07) is 0. The van der Waals surface area contributed by atoms with Gasteiger partial charge in [-0.2, -0.15) is 0 Å². The van der Waals surface area contributed by atoms with Crippen LogP contribution in [0, 0.1) is 0 Å². The summed E-state index contributed by atoms with van der Waals surface area (Å²) >= 11 is 0. The molecule has 1 atom stereocenters. The van der Waals surface area contributed by atoms with Gasteiger partial charge in [0, 0.05) is 20.1 Å². The highest BCUT2D eigenvalue weighted by atomic mass is 32.2. The van der Waals surface area contributed by atoms with Crippen LogP contribution in [0.1, 0.15) is 33.1 Å². The Labute approximate surface area is 87.5 Å². The smallest absolute Gasteiger partial charge is 0.217 e. The Balaban J connectivity index is 4.43. The van der Waals surface area contributed by atoms with Gasteiger partial charge in [0.05, 0.1) is 5.25 Å². The Hall–Kier alpha value is -0.130. The summed E-state index contributed by atoms with van der Waals surface area (Å²) in [6.45, 7) is 4.69. The van der Waals surface area contributed by atoms with Crippen LogP contribution in [0.2, 0.25) is 0 Å².